The van der Waals surface area contributed by atoms with Crippen LogP contribution in [0.3, 0.4) is 0 Å². The molecule has 0 spiro atoms. The zero-order valence-electron chi connectivity index (χ0n) is 32.2. The molecule has 0 aromatic heterocycles. The van der Waals surface area contributed by atoms with Crippen LogP contribution in [0.4, 0.5) is 0 Å². The first-order valence-electron chi connectivity index (χ1n) is 16.7. The molecule has 0 heterocycles. The van der Waals surface area contributed by atoms with E-state index in [1.54, 1.807) is 0 Å². The Kier molecular flexibility index (Phi) is 49.1. The van der Waals surface area contributed by atoms with Crippen LogP contribution in [-0.4, -0.2) is 41.4 Å². The highest BCUT2D eigenvalue weighted by atomic mass is 16.7. The number of aldehydes is 1. The number of carbonyl (C=O) groups is 1. The van der Waals surface area contributed by atoms with Gasteiger partial charge in [0.2, 0.25) is 0 Å². The van der Waals surface area contributed by atoms with Crippen LogP contribution in [-0.2, 0) is 4.79 Å². The molecule has 0 aliphatic heterocycles. The van der Waals surface area contributed by atoms with Crippen molar-refractivity contribution < 1.29 is 20.1 Å². The molecule has 272 valence electrons. The van der Waals surface area contributed by atoms with Gasteiger partial charge < -0.3 is 20.1 Å². The molecular weight excluding hydrogens is 588 g/mol. The third-order valence-corrected chi connectivity index (χ3v) is 6.25. The first-order valence-corrected chi connectivity index (χ1v) is 16.7. The van der Waals surface area contributed by atoms with Gasteiger partial charge >= 0.3 is 0 Å². The molecule has 0 bridgehead atoms. The molecule has 0 aliphatic carbocycles. The molecule has 0 aromatic carbocycles. The standard InChI is InChI=1S/C11H18O.3C10H18O.O2/c1-10(2)6-4-7-11(3)8-5-9-12;3*1-9(2)5-4-6-10(3)7-8-11;1-2/h6,8-9H,4-5,7H2,1-3H3;3*5,7,11H,4,6,8H2,1-3H3;/b11-8+;3*10-7+;. The maximum Gasteiger partial charge on any atom is 0.123 e. The number of aliphatic hydroxyl groups is 3. The van der Waals surface area contributed by atoms with E-state index in [2.05, 4.69) is 107 Å². The molecule has 0 amide bonds. The highest BCUT2D eigenvalue weighted by Gasteiger charge is 1.89. The van der Waals surface area contributed by atoms with Gasteiger partial charge in [0.1, 0.15) is 6.29 Å². The Morgan fingerprint density at radius 3 is 0.766 bits per heavy atom. The number of aliphatic hydroxyl groups excluding tert-OH is 3. The third kappa shape index (κ3) is 62.6. The summed E-state index contributed by atoms with van der Waals surface area (Å²) in [5.74, 6) is 0. The second-order valence-corrected chi connectivity index (χ2v) is 12.4. The Hall–Kier alpha value is -2.93. The van der Waals surface area contributed by atoms with E-state index in [4.69, 9.17) is 25.2 Å². The molecule has 0 atom stereocenters. The highest BCUT2D eigenvalue weighted by Crippen LogP contribution is 2.08. The van der Waals surface area contributed by atoms with Crippen molar-refractivity contribution in [1.82, 2.24) is 0 Å². The van der Waals surface area contributed by atoms with Crippen molar-refractivity contribution in [3.8, 4) is 0 Å². The fourth-order valence-corrected chi connectivity index (χ4v) is 3.48. The van der Waals surface area contributed by atoms with Gasteiger partial charge in [-0.3, -0.25) is 0 Å². The van der Waals surface area contributed by atoms with Crippen molar-refractivity contribution >= 4 is 6.29 Å². The second-order valence-electron chi connectivity index (χ2n) is 12.4. The molecule has 0 saturated carbocycles. The maximum atomic E-state index is 10.0. The van der Waals surface area contributed by atoms with Gasteiger partial charge in [0.15, 0.2) is 0 Å². The summed E-state index contributed by atoms with van der Waals surface area (Å²) in [6.45, 7) is 25.5. The van der Waals surface area contributed by atoms with E-state index < -0.39 is 0 Å². The van der Waals surface area contributed by atoms with Gasteiger partial charge in [-0.2, -0.15) is 0 Å². The summed E-state index contributed by atoms with van der Waals surface area (Å²) in [4.78, 5) is 24.0. The van der Waals surface area contributed by atoms with E-state index >= 15 is 0 Å². The Morgan fingerprint density at radius 2 is 0.596 bits per heavy atom. The Morgan fingerprint density at radius 1 is 0.383 bits per heavy atom. The molecule has 0 radical (unpaired) electrons. The average molecular weight is 661 g/mol. The lowest BCUT2D eigenvalue weighted by molar-refractivity contribution is -0.107. The van der Waals surface area contributed by atoms with Crippen LogP contribution in [0.25, 0.3) is 0 Å². The minimum atomic E-state index is 0.167. The fraction of sp³-hybridized carbons (Fsp3) is 0.585. The molecule has 3 N–H and O–H groups in total. The molecule has 6 nitrogen and oxygen atoms in total. The minimum Gasteiger partial charge on any atom is -0.392 e. The first kappa shape index (κ1) is 53.6. The van der Waals surface area contributed by atoms with Crippen molar-refractivity contribution in [2.75, 3.05) is 19.8 Å². The molecular formula is C41H72O6. The van der Waals surface area contributed by atoms with Gasteiger partial charge in [-0.05, 0) is 134 Å². The summed E-state index contributed by atoms with van der Waals surface area (Å²) in [6.07, 6.45) is 26.5. The lowest BCUT2D eigenvalue weighted by Crippen LogP contribution is -1.80. The van der Waals surface area contributed by atoms with E-state index in [0.717, 1.165) is 57.7 Å². The van der Waals surface area contributed by atoms with Crippen LogP contribution in [0.15, 0.2) is 93.2 Å². The Bertz CT molecular complexity index is 881. The zero-order chi connectivity index (χ0) is 37.5. The van der Waals surface area contributed by atoms with Crippen LogP contribution in [0, 0.1) is 9.93 Å². The summed E-state index contributed by atoms with van der Waals surface area (Å²) >= 11 is 0. The van der Waals surface area contributed by atoms with E-state index in [1.807, 2.05) is 24.3 Å². The van der Waals surface area contributed by atoms with Gasteiger partial charge in [0, 0.05) is 16.4 Å². The van der Waals surface area contributed by atoms with E-state index in [1.165, 1.54) is 44.6 Å². The molecule has 0 saturated heterocycles. The molecule has 0 unspecified atom stereocenters. The Labute approximate surface area is 289 Å². The van der Waals surface area contributed by atoms with Crippen molar-refractivity contribution in [1.29, 1.82) is 0 Å². The number of allylic oxidation sites excluding steroid dienone is 13. The quantitative estimate of drug-likeness (QED) is 0.106. The van der Waals surface area contributed by atoms with Crippen LogP contribution in [0.1, 0.15) is 141 Å². The molecule has 0 aliphatic rings. The van der Waals surface area contributed by atoms with Crippen LogP contribution in [0.5, 0.6) is 0 Å². The molecule has 0 rings (SSSR count). The summed E-state index contributed by atoms with van der Waals surface area (Å²) in [6, 6.07) is 0. The maximum absolute atomic E-state index is 10.0. The van der Waals surface area contributed by atoms with Gasteiger partial charge in [-0.25, -0.2) is 0 Å². The van der Waals surface area contributed by atoms with Crippen molar-refractivity contribution in [3.63, 3.8) is 0 Å². The largest absolute Gasteiger partial charge is 0.392 e. The van der Waals surface area contributed by atoms with Crippen molar-refractivity contribution in [2.24, 2.45) is 0 Å². The first-order chi connectivity index (χ1) is 22.2. The second kappa shape index (κ2) is 43.1. The summed E-state index contributed by atoms with van der Waals surface area (Å²) < 4.78 is 0. The van der Waals surface area contributed by atoms with E-state index in [9.17, 15) is 4.79 Å². The number of hydrogen-bond acceptors (Lipinski definition) is 6. The smallest absolute Gasteiger partial charge is 0.123 e. The van der Waals surface area contributed by atoms with Crippen molar-refractivity contribution in [3.05, 3.63) is 103 Å². The monoisotopic (exact) mass is 661 g/mol. The third-order valence-electron chi connectivity index (χ3n) is 6.25. The lowest BCUT2D eigenvalue weighted by Gasteiger charge is -1.96. The fourth-order valence-electron chi connectivity index (χ4n) is 3.48. The normalized spacial score (nSPS) is 11.0. The number of carbonyl (C=O) groups excluding carboxylic acids is 1. The zero-order valence-corrected chi connectivity index (χ0v) is 32.2. The SMILES string of the molecule is CC(C)=CCC/C(C)=C/CC=O.CC(C)=CCC/C(C)=C/CO.CC(C)=CCC/C(C)=C/CO.CC(C)=CCC/C(C)=C/CO.O=O. The molecule has 6 heteroatoms. The highest BCUT2D eigenvalue weighted by molar-refractivity contribution is 5.52. The molecule has 47 heavy (non-hydrogen) atoms. The Balaban J connectivity index is -0.000000164. The van der Waals surface area contributed by atoms with Gasteiger partial charge in [-0.1, -0.05) is 93.2 Å². The lowest BCUT2D eigenvalue weighted by atomic mass is 10.1. The topological polar surface area (TPSA) is 112 Å². The van der Waals surface area contributed by atoms with Crippen LogP contribution in [0.2, 0.25) is 0 Å². The van der Waals surface area contributed by atoms with E-state index in [-0.39, 0.29) is 19.8 Å². The minimum absolute atomic E-state index is 0.167. The summed E-state index contributed by atoms with van der Waals surface area (Å²) in [7, 11) is 0. The van der Waals surface area contributed by atoms with Gasteiger partial charge in [0.05, 0.1) is 19.8 Å². The molecule has 0 aromatic rings. The number of hydrogen-bond donors (Lipinski definition) is 3. The van der Waals surface area contributed by atoms with Gasteiger partial charge in [-0.15, -0.1) is 0 Å². The number of rotatable bonds is 17. The van der Waals surface area contributed by atoms with Gasteiger partial charge in [0.25, 0.3) is 0 Å². The summed E-state index contributed by atoms with van der Waals surface area (Å²) in [5, 5.41) is 25.7. The van der Waals surface area contributed by atoms with Crippen LogP contribution < -0.4 is 0 Å². The van der Waals surface area contributed by atoms with Crippen molar-refractivity contribution in [2.45, 2.75) is 141 Å². The predicted molar refractivity (Wildman–Crippen MR) is 208 cm³/mol. The predicted octanol–water partition coefficient (Wildman–Crippen LogP) is 11.3. The van der Waals surface area contributed by atoms with Crippen LogP contribution >= 0.6 is 0 Å². The van der Waals surface area contributed by atoms with E-state index in [0.29, 0.717) is 6.42 Å². The summed E-state index contributed by atoms with van der Waals surface area (Å²) in [5.41, 5.74) is 10.6. The average Bonchev–Trinajstić information content (AvgIpc) is 2.98. The molecule has 0 fully saturated rings.